The molecule has 1 N–H and O–H groups in total. The van der Waals surface area contributed by atoms with E-state index < -0.39 is 24.3 Å². The Morgan fingerprint density at radius 3 is 2.32 bits per heavy atom. The second kappa shape index (κ2) is 10.5. The van der Waals surface area contributed by atoms with Gasteiger partial charge in [-0.1, -0.05) is 31.0 Å². The summed E-state index contributed by atoms with van der Waals surface area (Å²) < 4.78 is 43.6. The van der Waals surface area contributed by atoms with E-state index in [0.717, 1.165) is 42.3 Å². The highest BCUT2D eigenvalue weighted by molar-refractivity contribution is 5.92. The minimum atomic E-state index is -4.47. The van der Waals surface area contributed by atoms with Crippen LogP contribution in [-0.4, -0.2) is 35.8 Å². The number of nitrogens with one attached hydrogen (secondary N) is 1. The minimum Gasteiger partial charge on any atom is -0.484 e. The maximum atomic E-state index is 12.8. The fourth-order valence-electron chi connectivity index (χ4n) is 3.78. The van der Waals surface area contributed by atoms with E-state index >= 15 is 0 Å². The third kappa shape index (κ3) is 6.24. The molecular weight excluding hydrogens is 445 g/mol. The molecule has 9 heteroatoms. The molecule has 3 aromatic rings. The van der Waals surface area contributed by atoms with E-state index in [0.29, 0.717) is 5.69 Å². The molecule has 1 fully saturated rings. The molecule has 1 saturated heterocycles. The standard InChI is InChI=1S/C25H25F3N4O2/c26-25(27,28)19-6-5-7-21(16-19)34-17-24(33)29-20-10-8-18(9-11-20)22-12-13-23(31-30-22)32-14-3-1-2-4-15-32/h5-13,16H,1-4,14-15,17H2,(H,29,33). The van der Waals surface area contributed by atoms with Gasteiger partial charge in [0.2, 0.25) is 0 Å². The molecule has 34 heavy (non-hydrogen) atoms. The van der Waals surface area contributed by atoms with Gasteiger partial charge in [-0.2, -0.15) is 13.2 Å². The topological polar surface area (TPSA) is 67.3 Å². The van der Waals surface area contributed by atoms with Gasteiger partial charge in [0.25, 0.3) is 5.91 Å². The van der Waals surface area contributed by atoms with Crippen molar-refractivity contribution in [2.24, 2.45) is 0 Å². The van der Waals surface area contributed by atoms with Gasteiger partial charge in [-0.15, -0.1) is 10.2 Å². The molecule has 0 unspecified atom stereocenters. The monoisotopic (exact) mass is 470 g/mol. The number of halogens is 3. The Labute approximate surface area is 195 Å². The minimum absolute atomic E-state index is 0.0254. The Kier molecular flexibility index (Phi) is 7.30. The van der Waals surface area contributed by atoms with Gasteiger partial charge in [0.15, 0.2) is 12.4 Å². The molecule has 178 valence electrons. The first-order valence-electron chi connectivity index (χ1n) is 11.2. The van der Waals surface area contributed by atoms with Crippen molar-refractivity contribution in [3.05, 3.63) is 66.2 Å². The van der Waals surface area contributed by atoms with Gasteiger partial charge in [0.1, 0.15) is 5.75 Å². The van der Waals surface area contributed by atoms with Crippen LogP contribution in [0, 0.1) is 0 Å². The van der Waals surface area contributed by atoms with Gasteiger partial charge < -0.3 is 15.0 Å². The van der Waals surface area contributed by atoms with E-state index in [1.807, 2.05) is 24.3 Å². The number of rotatable bonds is 6. The van der Waals surface area contributed by atoms with Crippen LogP contribution in [0.15, 0.2) is 60.7 Å². The molecule has 0 radical (unpaired) electrons. The summed E-state index contributed by atoms with van der Waals surface area (Å²) in [6, 6.07) is 15.4. The number of hydrogen-bond donors (Lipinski definition) is 1. The molecular formula is C25H25F3N4O2. The first-order valence-corrected chi connectivity index (χ1v) is 11.2. The molecule has 1 aromatic heterocycles. The summed E-state index contributed by atoms with van der Waals surface area (Å²) in [6.45, 7) is 1.59. The fraction of sp³-hybridized carbons (Fsp3) is 0.320. The first kappa shape index (κ1) is 23.5. The Morgan fingerprint density at radius 2 is 1.68 bits per heavy atom. The van der Waals surface area contributed by atoms with Crippen LogP contribution in [0.2, 0.25) is 0 Å². The molecule has 0 aliphatic carbocycles. The quantitative estimate of drug-likeness (QED) is 0.511. The fourth-order valence-corrected chi connectivity index (χ4v) is 3.78. The number of nitrogens with zero attached hydrogens (tertiary/aromatic N) is 3. The summed E-state index contributed by atoms with van der Waals surface area (Å²) in [7, 11) is 0. The van der Waals surface area contributed by atoms with E-state index in [2.05, 4.69) is 20.4 Å². The number of anilines is 2. The lowest BCUT2D eigenvalue weighted by Gasteiger charge is -2.20. The van der Waals surface area contributed by atoms with E-state index in [4.69, 9.17) is 4.74 Å². The smallest absolute Gasteiger partial charge is 0.416 e. The van der Waals surface area contributed by atoms with Crippen molar-refractivity contribution >= 4 is 17.4 Å². The number of benzene rings is 2. The predicted octanol–water partition coefficient (Wildman–Crippen LogP) is 5.56. The van der Waals surface area contributed by atoms with Gasteiger partial charge in [0.05, 0.1) is 11.3 Å². The van der Waals surface area contributed by atoms with E-state index in [1.165, 1.54) is 37.8 Å². The molecule has 2 heterocycles. The van der Waals surface area contributed by atoms with Crippen molar-refractivity contribution in [1.82, 2.24) is 10.2 Å². The number of ether oxygens (including phenoxy) is 1. The maximum absolute atomic E-state index is 12.8. The van der Waals surface area contributed by atoms with Crippen LogP contribution in [0.25, 0.3) is 11.3 Å². The van der Waals surface area contributed by atoms with Gasteiger partial charge in [-0.25, -0.2) is 0 Å². The molecule has 0 saturated carbocycles. The summed E-state index contributed by atoms with van der Waals surface area (Å²) in [5, 5.41) is 11.4. The third-order valence-corrected chi connectivity index (χ3v) is 5.58. The molecule has 1 aliphatic heterocycles. The summed E-state index contributed by atoms with van der Waals surface area (Å²) in [6.07, 6.45) is 0.370. The van der Waals surface area contributed by atoms with Crippen molar-refractivity contribution in [1.29, 1.82) is 0 Å². The van der Waals surface area contributed by atoms with Crippen LogP contribution >= 0.6 is 0 Å². The van der Waals surface area contributed by atoms with E-state index in [9.17, 15) is 18.0 Å². The molecule has 0 atom stereocenters. The highest BCUT2D eigenvalue weighted by atomic mass is 19.4. The molecule has 2 aromatic carbocycles. The SMILES string of the molecule is O=C(COc1cccc(C(F)(F)F)c1)Nc1ccc(-c2ccc(N3CCCCCC3)nn2)cc1. The van der Waals surface area contributed by atoms with Gasteiger partial charge in [-0.05, 0) is 55.3 Å². The average molecular weight is 470 g/mol. The van der Waals surface area contributed by atoms with Crippen LogP contribution in [0.1, 0.15) is 31.2 Å². The molecule has 1 amide bonds. The summed E-state index contributed by atoms with van der Waals surface area (Å²) in [5.41, 5.74) is 1.29. The summed E-state index contributed by atoms with van der Waals surface area (Å²) >= 11 is 0. The Balaban J connectivity index is 1.31. The van der Waals surface area contributed by atoms with Crippen molar-refractivity contribution in [2.75, 3.05) is 29.9 Å². The van der Waals surface area contributed by atoms with E-state index in [1.54, 1.807) is 12.1 Å². The predicted molar refractivity (Wildman–Crippen MR) is 124 cm³/mol. The van der Waals surface area contributed by atoms with Crippen LogP contribution in [0.5, 0.6) is 5.75 Å². The van der Waals surface area contributed by atoms with E-state index in [-0.39, 0.29) is 5.75 Å². The second-order valence-corrected chi connectivity index (χ2v) is 8.12. The third-order valence-electron chi connectivity index (χ3n) is 5.58. The Morgan fingerprint density at radius 1 is 0.941 bits per heavy atom. The Hall–Kier alpha value is -3.62. The summed E-state index contributed by atoms with van der Waals surface area (Å²) in [5.74, 6) is 0.379. The second-order valence-electron chi connectivity index (χ2n) is 8.12. The molecule has 6 nitrogen and oxygen atoms in total. The molecule has 1 aliphatic rings. The lowest BCUT2D eigenvalue weighted by molar-refractivity contribution is -0.137. The lowest BCUT2D eigenvalue weighted by Crippen LogP contribution is -2.25. The summed E-state index contributed by atoms with van der Waals surface area (Å²) in [4.78, 5) is 14.4. The number of aromatic nitrogens is 2. The number of carbonyl (C=O) groups is 1. The van der Waals surface area contributed by atoms with Crippen LogP contribution < -0.4 is 15.0 Å². The van der Waals surface area contributed by atoms with Gasteiger partial charge in [-0.3, -0.25) is 4.79 Å². The Bertz CT molecular complexity index is 1090. The number of hydrogen-bond acceptors (Lipinski definition) is 5. The molecule has 0 bridgehead atoms. The van der Waals surface area contributed by atoms with Crippen LogP contribution in [-0.2, 0) is 11.0 Å². The van der Waals surface area contributed by atoms with Crippen molar-refractivity contribution in [3.8, 4) is 17.0 Å². The van der Waals surface area contributed by atoms with Crippen molar-refractivity contribution < 1.29 is 22.7 Å². The van der Waals surface area contributed by atoms with Crippen LogP contribution in [0.3, 0.4) is 0 Å². The lowest BCUT2D eigenvalue weighted by atomic mass is 10.1. The maximum Gasteiger partial charge on any atom is 0.416 e. The number of carbonyl (C=O) groups excluding carboxylic acids is 1. The molecule has 4 rings (SSSR count). The zero-order chi connectivity index (χ0) is 24.0. The highest BCUT2D eigenvalue weighted by Crippen LogP contribution is 2.31. The van der Waals surface area contributed by atoms with Gasteiger partial charge in [0, 0.05) is 24.3 Å². The highest BCUT2D eigenvalue weighted by Gasteiger charge is 2.30. The zero-order valence-electron chi connectivity index (χ0n) is 18.5. The molecule has 0 spiro atoms. The van der Waals surface area contributed by atoms with Crippen LogP contribution in [0.4, 0.5) is 24.7 Å². The van der Waals surface area contributed by atoms with Crippen molar-refractivity contribution in [2.45, 2.75) is 31.9 Å². The van der Waals surface area contributed by atoms with Crippen molar-refractivity contribution in [3.63, 3.8) is 0 Å². The van der Waals surface area contributed by atoms with Gasteiger partial charge >= 0.3 is 6.18 Å². The number of amides is 1. The largest absolute Gasteiger partial charge is 0.484 e. The first-order chi connectivity index (χ1) is 16.4. The average Bonchev–Trinajstić information content (AvgIpc) is 3.13. The number of alkyl halides is 3. The normalized spacial score (nSPS) is 14.4. The zero-order valence-corrected chi connectivity index (χ0v) is 18.5.